The lowest BCUT2D eigenvalue weighted by Gasteiger charge is -2.29. The normalized spacial score (nSPS) is 17.5. The summed E-state index contributed by atoms with van der Waals surface area (Å²) in [5, 5.41) is 4.00. The predicted molar refractivity (Wildman–Crippen MR) is 150 cm³/mol. The first-order chi connectivity index (χ1) is 17.8. The number of aryl methyl sites for hydroxylation is 1. The van der Waals surface area contributed by atoms with Crippen LogP contribution in [0.5, 0.6) is 5.75 Å². The van der Waals surface area contributed by atoms with Crippen molar-refractivity contribution in [1.29, 1.82) is 0 Å². The minimum Gasteiger partial charge on any atom is -0.494 e. The Labute approximate surface area is 222 Å². The molecule has 10 heteroatoms. The van der Waals surface area contributed by atoms with Gasteiger partial charge in [-0.3, -0.25) is 9.71 Å². The van der Waals surface area contributed by atoms with E-state index in [0.29, 0.717) is 16.5 Å². The highest BCUT2D eigenvalue weighted by Gasteiger charge is 2.42. The number of nitrogens with zero attached hydrogens (tertiary/aromatic N) is 3. The molecule has 4 aromatic rings. The van der Waals surface area contributed by atoms with Gasteiger partial charge in [0.05, 0.1) is 30.8 Å². The number of sulfonamides is 1. The number of ether oxygens (including phenoxy) is 1. The number of nitrogens with one attached hydrogen (secondary N) is 2. The second-order valence-corrected chi connectivity index (χ2v) is 11.0. The van der Waals surface area contributed by atoms with Crippen LogP contribution in [0.25, 0.3) is 5.69 Å². The van der Waals surface area contributed by atoms with Crippen LogP contribution in [0.1, 0.15) is 29.0 Å². The summed E-state index contributed by atoms with van der Waals surface area (Å²) in [6.45, 7) is 2.09. The summed E-state index contributed by atoms with van der Waals surface area (Å²) < 4.78 is 33.9. The van der Waals surface area contributed by atoms with Crippen LogP contribution in [0, 0.1) is 6.92 Å². The number of rotatable bonds is 7. The number of pyridine rings is 1. The number of hydrogen-bond acceptors (Lipinski definition) is 5. The van der Waals surface area contributed by atoms with Crippen LogP contribution in [0.2, 0.25) is 0 Å². The van der Waals surface area contributed by atoms with Gasteiger partial charge in [-0.1, -0.05) is 24.3 Å². The van der Waals surface area contributed by atoms with Crippen molar-refractivity contribution in [3.05, 3.63) is 102 Å². The number of methoxy groups -OCH3 is 1. The van der Waals surface area contributed by atoms with E-state index in [9.17, 15) is 8.42 Å². The van der Waals surface area contributed by atoms with Crippen LogP contribution in [0.3, 0.4) is 0 Å². The first kappa shape index (κ1) is 24.8. The molecule has 0 unspecified atom stereocenters. The van der Waals surface area contributed by atoms with Crippen molar-refractivity contribution in [2.45, 2.75) is 19.0 Å². The molecule has 0 bridgehead atoms. The van der Waals surface area contributed by atoms with Crippen LogP contribution >= 0.6 is 12.2 Å². The van der Waals surface area contributed by atoms with Gasteiger partial charge in [-0.25, -0.2) is 8.42 Å². The number of anilines is 2. The fourth-order valence-corrected chi connectivity index (χ4v) is 5.65. The van der Waals surface area contributed by atoms with E-state index in [1.54, 1.807) is 18.3 Å². The number of benzene rings is 2. The van der Waals surface area contributed by atoms with Gasteiger partial charge in [-0.15, -0.1) is 0 Å². The van der Waals surface area contributed by atoms with E-state index >= 15 is 0 Å². The van der Waals surface area contributed by atoms with Crippen molar-refractivity contribution in [2.24, 2.45) is 0 Å². The van der Waals surface area contributed by atoms with Crippen molar-refractivity contribution < 1.29 is 13.2 Å². The molecule has 0 saturated carbocycles. The molecule has 1 fully saturated rings. The van der Waals surface area contributed by atoms with Crippen LogP contribution in [-0.2, 0) is 10.0 Å². The third kappa shape index (κ3) is 4.90. The van der Waals surface area contributed by atoms with Gasteiger partial charge in [0.2, 0.25) is 10.0 Å². The molecule has 0 aliphatic carbocycles. The summed E-state index contributed by atoms with van der Waals surface area (Å²) in [6.07, 6.45) is 4.92. The first-order valence-electron chi connectivity index (χ1n) is 11.7. The highest BCUT2D eigenvalue weighted by atomic mass is 32.2. The quantitative estimate of drug-likeness (QED) is 0.332. The Bertz CT molecular complexity index is 1550. The van der Waals surface area contributed by atoms with Gasteiger partial charge in [0.25, 0.3) is 0 Å². The molecular weight excluding hydrogens is 506 g/mol. The van der Waals surface area contributed by atoms with Gasteiger partial charge < -0.3 is 19.5 Å². The molecule has 0 amide bonds. The average molecular weight is 534 g/mol. The molecule has 1 aliphatic rings. The third-order valence-corrected chi connectivity index (χ3v) is 7.22. The smallest absolute Gasteiger partial charge is 0.229 e. The highest BCUT2D eigenvalue weighted by Crippen LogP contribution is 2.44. The van der Waals surface area contributed by atoms with Gasteiger partial charge in [0.15, 0.2) is 5.11 Å². The monoisotopic (exact) mass is 533 g/mol. The van der Waals surface area contributed by atoms with E-state index in [0.717, 1.165) is 34.6 Å². The Morgan fingerprint density at radius 2 is 1.84 bits per heavy atom. The van der Waals surface area contributed by atoms with Gasteiger partial charge in [0, 0.05) is 35.5 Å². The Hall–Kier alpha value is -3.89. The second kappa shape index (κ2) is 9.87. The zero-order valence-electron chi connectivity index (χ0n) is 20.6. The maximum Gasteiger partial charge on any atom is 0.229 e. The fourth-order valence-electron chi connectivity index (χ4n) is 4.74. The van der Waals surface area contributed by atoms with E-state index in [-0.39, 0.29) is 12.1 Å². The third-order valence-electron chi connectivity index (χ3n) is 6.32. The maximum absolute atomic E-state index is 11.9. The molecule has 190 valence electrons. The molecule has 2 aromatic carbocycles. The molecule has 1 saturated heterocycles. The Morgan fingerprint density at radius 3 is 2.54 bits per heavy atom. The van der Waals surface area contributed by atoms with Crippen molar-refractivity contribution >= 4 is 38.7 Å². The molecule has 37 heavy (non-hydrogen) atoms. The molecule has 3 heterocycles. The van der Waals surface area contributed by atoms with E-state index in [4.69, 9.17) is 17.0 Å². The van der Waals surface area contributed by atoms with Gasteiger partial charge >= 0.3 is 0 Å². The van der Waals surface area contributed by atoms with E-state index in [1.165, 1.54) is 7.11 Å². The standard InChI is InChI=1S/C27H27N5O3S2/c1-18-9-4-5-11-22(18)31-16-8-12-23(31)26-25(21-10-6-7-15-28-21)29-27(36)32(26)19-13-14-20(24(17-19)35-2)30-37(3,33)34/h4-17,25-26,30H,1-3H3,(H,29,36)/t25-,26-/m0/s1. The molecular formula is C27H27N5O3S2. The van der Waals surface area contributed by atoms with Gasteiger partial charge in [-0.2, -0.15) is 0 Å². The molecule has 5 rings (SSSR count). The summed E-state index contributed by atoms with van der Waals surface area (Å²) in [6, 6.07) is 23.0. The second-order valence-electron chi connectivity index (χ2n) is 8.84. The fraction of sp³-hybridized carbons (Fsp3) is 0.185. The maximum atomic E-state index is 11.9. The molecule has 0 spiro atoms. The average Bonchev–Trinajstić information content (AvgIpc) is 3.48. The summed E-state index contributed by atoms with van der Waals surface area (Å²) in [7, 11) is -1.97. The molecule has 8 nitrogen and oxygen atoms in total. The number of para-hydroxylation sites is 1. The summed E-state index contributed by atoms with van der Waals surface area (Å²) in [4.78, 5) is 6.67. The zero-order chi connectivity index (χ0) is 26.2. The van der Waals surface area contributed by atoms with Crippen LogP contribution in [0.15, 0.2) is 85.2 Å². The minimum absolute atomic E-state index is 0.230. The number of hydrogen-bond donors (Lipinski definition) is 2. The molecule has 1 aliphatic heterocycles. The first-order valence-corrected chi connectivity index (χ1v) is 14.0. The van der Waals surface area contributed by atoms with E-state index < -0.39 is 10.0 Å². The largest absolute Gasteiger partial charge is 0.494 e. The van der Waals surface area contributed by atoms with Crippen molar-refractivity contribution in [3.63, 3.8) is 0 Å². The Balaban J connectivity index is 1.66. The van der Waals surface area contributed by atoms with Crippen LogP contribution < -0.4 is 19.7 Å². The molecule has 2 N–H and O–H groups in total. The van der Waals surface area contributed by atoms with E-state index in [1.807, 2.05) is 53.6 Å². The van der Waals surface area contributed by atoms with Crippen molar-refractivity contribution in [2.75, 3.05) is 23.0 Å². The van der Waals surface area contributed by atoms with Crippen LogP contribution in [0.4, 0.5) is 11.4 Å². The predicted octanol–water partition coefficient (Wildman–Crippen LogP) is 4.74. The lowest BCUT2D eigenvalue weighted by atomic mass is 10.0. The van der Waals surface area contributed by atoms with Gasteiger partial charge in [-0.05, 0) is 67.2 Å². The van der Waals surface area contributed by atoms with E-state index in [2.05, 4.69) is 44.7 Å². The highest BCUT2D eigenvalue weighted by molar-refractivity contribution is 7.92. The van der Waals surface area contributed by atoms with Crippen LogP contribution in [-0.4, -0.2) is 36.4 Å². The Morgan fingerprint density at radius 1 is 1.05 bits per heavy atom. The topological polar surface area (TPSA) is 88.5 Å². The summed E-state index contributed by atoms with van der Waals surface area (Å²) in [5.74, 6) is 0.389. The lowest BCUT2D eigenvalue weighted by molar-refractivity contribution is 0.417. The lowest BCUT2D eigenvalue weighted by Crippen LogP contribution is -2.30. The van der Waals surface area contributed by atoms with Crippen molar-refractivity contribution in [1.82, 2.24) is 14.9 Å². The minimum atomic E-state index is -3.48. The van der Waals surface area contributed by atoms with Gasteiger partial charge in [0.1, 0.15) is 11.8 Å². The SMILES string of the molecule is COc1cc(N2C(=S)N[C@@H](c3ccccn3)[C@@H]2c2cccn2-c2ccccc2C)ccc1NS(C)(=O)=O. The zero-order valence-corrected chi connectivity index (χ0v) is 22.3. The van der Waals surface area contributed by atoms with Crippen molar-refractivity contribution in [3.8, 4) is 11.4 Å². The summed E-state index contributed by atoms with van der Waals surface area (Å²) in [5.41, 5.74) is 5.21. The summed E-state index contributed by atoms with van der Waals surface area (Å²) >= 11 is 5.86. The number of thiocarbonyl (C=S) groups is 1. The number of aromatic nitrogens is 2. The Kier molecular flexibility index (Phi) is 6.61. The molecule has 0 radical (unpaired) electrons. The molecule has 2 aromatic heterocycles. The molecule has 2 atom stereocenters.